The lowest BCUT2D eigenvalue weighted by Crippen LogP contribution is -2.64. The molecule has 5 nitrogen and oxygen atoms in total. The molecule has 0 N–H and O–H groups in total. The standard InChI is InChI=1S/C21H44O5Si4/c1-11-12-13-14-19-22-20-15-17-21(18-16-20)23-30(24-27(2,3)4,25-28(5,6)7)26-29(8,9)10/h15-18H,11-14,19H2,1-10H3. The molecule has 0 saturated heterocycles. The smallest absolute Gasteiger partial charge is 0.494 e. The SMILES string of the molecule is CCCCCCOc1ccc(O[Si](O[Si](C)(C)C)(O[Si](C)(C)C)O[Si](C)(C)C)cc1. The Kier molecular flexibility index (Phi) is 10.5. The molecule has 0 aliphatic carbocycles. The van der Waals surface area contributed by atoms with Crippen molar-refractivity contribution in [2.24, 2.45) is 0 Å². The maximum atomic E-state index is 6.56. The van der Waals surface area contributed by atoms with Gasteiger partial charge in [-0.15, -0.1) is 0 Å². The average molecular weight is 489 g/mol. The van der Waals surface area contributed by atoms with E-state index in [-0.39, 0.29) is 0 Å². The van der Waals surface area contributed by atoms with Gasteiger partial charge in [0.15, 0.2) is 25.0 Å². The molecule has 1 rings (SSSR count). The van der Waals surface area contributed by atoms with Crippen LogP contribution in [0.25, 0.3) is 0 Å². The maximum absolute atomic E-state index is 6.56. The average Bonchev–Trinajstić information content (AvgIpc) is 2.51. The Hall–Kier alpha value is -0.432. The summed E-state index contributed by atoms with van der Waals surface area (Å²) in [4.78, 5) is 0. The highest BCUT2D eigenvalue weighted by Gasteiger charge is 2.56. The number of rotatable bonds is 14. The summed E-state index contributed by atoms with van der Waals surface area (Å²) in [5, 5.41) is 0. The molecule has 0 spiro atoms. The topological polar surface area (TPSA) is 46.2 Å². The zero-order chi connectivity index (χ0) is 23.1. The van der Waals surface area contributed by atoms with E-state index >= 15 is 0 Å². The van der Waals surface area contributed by atoms with Crippen molar-refractivity contribution in [3.63, 3.8) is 0 Å². The van der Waals surface area contributed by atoms with Crippen LogP contribution in [0.5, 0.6) is 11.5 Å². The van der Waals surface area contributed by atoms with E-state index in [1.54, 1.807) is 0 Å². The first-order chi connectivity index (χ1) is 13.6. The van der Waals surface area contributed by atoms with Gasteiger partial charge in [0.05, 0.1) is 6.61 Å². The fourth-order valence-corrected chi connectivity index (χ4v) is 14.3. The van der Waals surface area contributed by atoms with Gasteiger partial charge in [0, 0.05) is 0 Å². The molecule has 0 heterocycles. The summed E-state index contributed by atoms with van der Waals surface area (Å²) in [7, 11) is -9.29. The van der Waals surface area contributed by atoms with Crippen molar-refractivity contribution in [2.75, 3.05) is 6.61 Å². The van der Waals surface area contributed by atoms with Crippen LogP contribution >= 0.6 is 0 Å². The number of ether oxygens (including phenoxy) is 1. The van der Waals surface area contributed by atoms with Gasteiger partial charge in [-0.3, -0.25) is 0 Å². The number of benzene rings is 1. The molecule has 9 heteroatoms. The molecule has 0 saturated carbocycles. The minimum Gasteiger partial charge on any atom is -0.494 e. The zero-order valence-electron chi connectivity index (χ0n) is 20.9. The van der Waals surface area contributed by atoms with Gasteiger partial charge in [-0.05, 0) is 89.6 Å². The third-order valence-corrected chi connectivity index (χ3v) is 14.5. The Balaban J connectivity index is 3.01. The molecule has 0 fully saturated rings. The molecule has 0 atom stereocenters. The molecule has 0 amide bonds. The number of hydrogen-bond acceptors (Lipinski definition) is 5. The second kappa shape index (κ2) is 11.4. The van der Waals surface area contributed by atoms with E-state index in [0.717, 1.165) is 18.8 Å². The fourth-order valence-electron chi connectivity index (χ4n) is 2.72. The summed E-state index contributed by atoms with van der Waals surface area (Å²) in [6, 6.07) is 7.76. The molecule has 174 valence electrons. The van der Waals surface area contributed by atoms with E-state index in [4.69, 9.17) is 21.5 Å². The number of unbranched alkanes of at least 4 members (excludes halogenated alkanes) is 3. The Morgan fingerprint density at radius 1 is 0.600 bits per heavy atom. The molecule has 1 aromatic rings. The van der Waals surface area contributed by atoms with E-state index in [9.17, 15) is 0 Å². The van der Waals surface area contributed by atoms with Gasteiger partial charge in [-0.2, -0.15) is 0 Å². The van der Waals surface area contributed by atoms with E-state index < -0.39 is 34.0 Å². The minimum absolute atomic E-state index is 0.703. The maximum Gasteiger partial charge on any atom is 0.717 e. The summed E-state index contributed by atoms with van der Waals surface area (Å²) < 4.78 is 32.0. The molecule has 0 aliphatic heterocycles. The van der Waals surface area contributed by atoms with E-state index in [2.05, 4.69) is 65.8 Å². The van der Waals surface area contributed by atoms with E-state index in [0.29, 0.717) is 5.75 Å². The third kappa shape index (κ3) is 12.4. The first-order valence-electron chi connectivity index (χ1n) is 11.2. The van der Waals surface area contributed by atoms with Crippen LogP contribution in [0.4, 0.5) is 0 Å². The molecule has 0 unspecified atom stereocenters. The van der Waals surface area contributed by atoms with Crippen LogP contribution in [0.2, 0.25) is 58.9 Å². The van der Waals surface area contributed by atoms with Crippen LogP contribution < -0.4 is 9.16 Å². The lowest BCUT2D eigenvalue weighted by Gasteiger charge is -2.40. The Morgan fingerprint density at radius 3 is 1.43 bits per heavy atom. The van der Waals surface area contributed by atoms with Gasteiger partial charge in [-0.25, -0.2) is 0 Å². The molecular weight excluding hydrogens is 445 g/mol. The lowest BCUT2D eigenvalue weighted by atomic mass is 10.2. The van der Waals surface area contributed by atoms with Gasteiger partial charge in [-0.1, -0.05) is 26.2 Å². The summed E-state index contributed by atoms with van der Waals surface area (Å²) in [6.07, 6.45) is 4.78. The number of hydrogen-bond donors (Lipinski definition) is 0. The van der Waals surface area contributed by atoms with Crippen molar-refractivity contribution < 1.29 is 21.5 Å². The van der Waals surface area contributed by atoms with E-state index in [1.165, 1.54) is 19.3 Å². The summed E-state index contributed by atoms with van der Waals surface area (Å²) in [6.45, 7) is 22.3. The summed E-state index contributed by atoms with van der Waals surface area (Å²) in [5.41, 5.74) is 0. The second-order valence-electron chi connectivity index (χ2n) is 10.6. The van der Waals surface area contributed by atoms with Crippen LogP contribution in [0, 0.1) is 0 Å². The quantitative estimate of drug-likeness (QED) is 0.208. The van der Waals surface area contributed by atoms with Crippen LogP contribution in [-0.4, -0.2) is 40.6 Å². The molecule has 0 aromatic heterocycles. The Labute approximate surface area is 189 Å². The zero-order valence-corrected chi connectivity index (χ0v) is 24.9. The van der Waals surface area contributed by atoms with E-state index in [1.807, 2.05) is 24.3 Å². The van der Waals surface area contributed by atoms with Crippen LogP contribution in [-0.2, 0) is 12.3 Å². The highest BCUT2D eigenvalue weighted by atomic mass is 28.5. The van der Waals surface area contributed by atoms with Crippen molar-refractivity contribution in [3.8, 4) is 11.5 Å². The fraction of sp³-hybridized carbons (Fsp3) is 0.714. The van der Waals surface area contributed by atoms with Gasteiger partial charge in [0.25, 0.3) is 0 Å². The van der Waals surface area contributed by atoms with Crippen molar-refractivity contribution >= 4 is 34.0 Å². The molecule has 0 aliphatic rings. The molecule has 1 aromatic carbocycles. The highest BCUT2D eigenvalue weighted by molar-refractivity contribution is 6.88. The van der Waals surface area contributed by atoms with Crippen molar-refractivity contribution in [2.45, 2.75) is 91.5 Å². The van der Waals surface area contributed by atoms with Crippen molar-refractivity contribution in [1.29, 1.82) is 0 Å². The summed E-state index contributed by atoms with van der Waals surface area (Å²) >= 11 is 0. The van der Waals surface area contributed by atoms with Crippen LogP contribution in [0.1, 0.15) is 32.6 Å². The Bertz CT molecular complexity index is 577. The monoisotopic (exact) mass is 488 g/mol. The molecule has 0 radical (unpaired) electrons. The van der Waals surface area contributed by atoms with Crippen molar-refractivity contribution in [3.05, 3.63) is 24.3 Å². The van der Waals surface area contributed by atoms with Crippen LogP contribution in [0.3, 0.4) is 0 Å². The predicted molar refractivity (Wildman–Crippen MR) is 136 cm³/mol. The molecule has 30 heavy (non-hydrogen) atoms. The van der Waals surface area contributed by atoms with Crippen LogP contribution in [0.15, 0.2) is 24.3 Å². The highest BCUT2D eigenvalue weighted by Crippen LogP contribution is 2.29. The largest absolute Gasteiger partial charge is 0.717 e. The van der Waals surface area contributed by atoms with Crippen molar-refractivity contribution in [1.82, 2.24) is 0 Å². The predicted octanol–water partition coefficient (Wildman–Crippen LogP) is 7.01. The third-order valence-electron chi connectivity index (χ3n) is 3.63. The minimum atomic E-state index is -3.36. The van der Waals surface area contributed by atoms with Gasteiger partial charge >= 0.3 is 9.05 Å². The summed E-state index contributed by atoms with van der Waals surface area (Å²) in [5.74, 6) is 1.56. The first kappa shape index (κ1) is 27.6. The first-order valence-corrected chi connectivity index (χ1v) is 23.0. The normalized spacial score (nSPS) is 13.4. The molecule has 0 bridgehead atoms. The van der Waals surface area contributed by atoms with Gasteiger partial charge < -0.3 is 21.5 Å². The lowest BCUT2D eigenvalue weighted by molar-refractivity contribution is 0.152. The van der Waals surface area contributed by atoms with Gasteiger partial charge in [0.2, 0.25) is 0 Å². The van der Waals surface area contributed by atoms with Gasteiger partial charge in [0.1, 0.15) is 11.5 Å². The second-order valence-corrected chi connectivity index (χ2v) is 27.0. The Morgan fingerprint density at radius 2 is 1.03 bits per heavy atom. The molecular formula is C21H44O5Si4.